The molecule has 0 unspecified atom stereocenters. The molecule has 0 aromatic rings. The third-order valence-corrected chi connectivity index (χ3v) is 3.91. The Labute approximate surface area is 111 Å². The van der Waals surface area contributed by atoms with Crippen LogP contribution in [0, 0.1) is 5.92 Å². The summed E-state index contributed by atoms with van der Waals surface area (Å²) in [6.07, 6.45) is 4.07. The molecule has 1 rings (SSSR count). The van der Waals surface area contributed by atoms with Crippen molar-refractivity contribution < 1.29 is 4.79 Å². The minimum absolute atomic E-state index is 0.223. The van der Waals surface area contributed by atoms with Crippen molar-refractivity contribution in [2.75, 3.05) is 39.3 Å². The monoisotopic (exact) mass is 255 g/mol. The first kappa shape index (κ1) is 15.4. The first-order valence-electron chi connectivity index (χ1n) is 7.44. The Balaban J connectivity index is 2.43. The standard InChI is InChI=1S/C14H29N3O/c1-3-13(4-2)14(18)17-10-6-9-16(11-12-17)8-5-7-15/h13H,3-12,15H2,1-2H3. The van der Waals surface area contributed by atoms with E-state index in [1.165, 1.54) is 0 Å². The molecule has 1 heterocycles. The van der Waals surface area contributed by atoms with Crippen molar-refractivity contribution in [1.29, 1.82) is 0 Å². The summed E-state index contributed by atoms with van der Waals surface area (Å²) in [5.74, 6) is 0.585. The minimum Gasteiger partial charge on any atom is -0.341 e. The summed E-state index contributed by atoms with van der Waals surface area (Å²) >= 11 is 0. The van der Waals surface area contributed by atoms with Crippen LogP contribution in [0.5, 0.6) is 0 Å². The van der Waals surface area contributed by atoms with Crippen LogP contribution in [-0.2, 0) is 4.79 Å². The lowest BCUT2D eigenvalue weighted by molar-refractivity contribution is -0.135. The van der Waals surface area contributed by atoms with Crippen LogP contribution in [-0.4, -0.2) is 55.0 Å². The van der Waals surface area contributed by atoms with Gasteiger partial charge in [-0.2, -0.15) is 0 Å². The van der Waals surface area contributed by atoms with Gasteiger partial charge in [0.05, 0.1) is 0 Å². The van der Waals surface area contributed by atoms with Crippen molar-refractivity contribution >= 4 is 5.91 Å². The second kappa shape index (κ2) is 8.48. The highest BCUT2D eigenvalue weighted by Crippen LogP contribution is 2.14. The first-order valence-corrected chi connectivity index (χ1v) is 7.44. The molecular weight excluding hydrogens is 226 g/mol. The van der Waals surface area contributed by atoms with Crippen molar-refractivity contribution in [3.8, 4) is 0 Å². The lowest BCUT2D eigenvalue weighted by Crippen LogP contribution is -2.39. The smallest absolute Gasteiger partial charge is 0.225 e. The molecule has 0 saturated carbocycles. The lowest BCUT2D eigenvalue weighted by Gasteiger charge is -2.25. The van der Waals surface area contributed by atoms with Gasteiger partial charge in [-0.25, -0.2) is 0 Å². The molecule has 0 aromatic heterocycles. The van der Waals surface area contributed by atoms with Crippen LogP contribution in [0.15, 0.2) is 0 Å². The van der Waals surface area contributed by atoms with E-state index in [0.29, 0.717) is 5.91 Å². The number of carbonyl (C=O) groups excluding carboxylic acids is 1. The molecule has 4 nitrogen and oxygen atoms in total. The Morgan fingerprint density at radius 3 is 2.50 bits per heavy atom. The molecule has 106 valence electrons. The highest BCUT2D eigenvalue weighted by molar-refractivity contribution is 5.78. The summed E-state index contributed by atoms with van der Waals surface area (Å²) in [7, 11) is 0. The van der Waals surface area contributed by atoms with Crippen molar-refractivity contribution in [3.63, 3.8) is 0 Å². The van der Waals surface area contributed by atoms with E-state index in [9.17, 15) is 4.79 Å². The van der Waals surface area contributed by atoms with E-state index in [0.717, 1.165) is 65.0 Å². The largest absolute Gasteiger partial charge is 0.341 e. The van der Waals surface area contributed by atoms with E-state index in [-0.39, 0.29) is 5.92 Å². The molecule has 1 aliphatic rings. The molecule has 0 spiro atoms. The van der Waals surface area contributed by atoms with Crippen LogP contribution < -0.4 is 5.73 Å². The van der Waals surface area contributed by atoms with E-state index in [1.54, 1.807) is 0 Å². The summed E-state index contributed by atoms with van der Waals surface area (Å²) < 4.78 is 0. The quantitative estimate of drug-likeness (QED) is 0.778. The molecule has 0 aliphatic carbocycles. The zero-order valence-electron chi connectivity index (χ0n) is 12.0. The van der Waals surface area contributed by atoms with E-state index >= 15 is 0 Å². The summed E-state index contributed by atoms with van der Waals surface area (Å²) in [6, 6.07) is 0. The van der Waals surface area contributed by atoms with Crippen LogP contribution in [0.1, 0.15) is 39.5 Å². The van der Waals surface area contributed by atoms with Gasteiger partial charge in [-0.15, -0.1) is 0 Å². The topological polar surface area (TPSA) is 49.6 Å². The molecule has 1 fully saturated rings. The molecule has 18 heavy (non-hydrogen) atoms. The second-order valence-corrected chi connectivity index (χ2v) is 5.18. The Hall–Kier alpha value is -0.610. The molecule has 0 aromatic carbocycles. The minimum atomic E-state index is 0.223. The van der Waals surface area contributed by atoms with Gasteiger partial charge in [-0.3, -0.25) is 4.79 Å². The molecule has 0 radical (unpaired) electrons. The zero-order chi connectivity index (χ0) is 13.4. The number of hydrogen-bond acceptors (Lipinski definition) is 3. The van der Waals surface area contributed by atoms with Gasteiger partial charge >= 0.3 is 0 Å². The normalized spacial score (nSPS) is 18.1. The average molecular weight is 255 g/mol. The number of nitrogens with two attached hydrogens (primary N) is 1. The Bertz CT molecular complexity index is 241. The third kappa shape index (κ3) is 4.58. The molecule has 1 saturated heterocycles. The van der Waals surface area contributed by atoms with Gasteiger partial charge in [-0.1, -0.05) is 13.8 Å². The van der Waals surface area contributed by atoms with Crippen LogP contribution in [0.2, 0.25) is 0 Å². The Kier molecular flexibility index (Phi) is 7.28. The van der Waals surface area contributed by atoms with Crippen LogP contribution in [0.3, 0.4) is 0 Å². The number of carbonyl (C=O) groups is 1. The molecule has 1 amide bonds. The van der Waals surface area contributed by atoms with Gasteiger partial charge in [0.15, 0.2) is 0 Å². The third-order valence-electron chi connectivity index (χ3n) is 3.91. The van der Waals surface area contributed by atoms with Gasteiger partial charge in [0.2, 0.25) is 5.91 Å². The number of hydrogen-bond donors (Lipinski definition) is 1. The maximum absolute atomic E-state index is 12.3. The second-order valence-electron chi connectivity index (χ2n) is 5.18. The maximum Gasteiger partial charge on any atom is 0.225 e. The fourth-order valence-corrected chi connectivity index (χ4v) is 2.63. The van der Waals surface area contributed by atoms with Crippen LogP contribution in [0.4, 0.5) is 0 Å². The molecule has 1 aliphatic heterocycles. The van der Waals surface area contributed by atoms with Crippen LogP contribution >= 0.6 is 0 Å². The van der Waals surface area contributed by atoms with Crippen molar-refractivity contribution in [2.24, 2.45) is 11.7 Å². The summed E-state index contributed by atoms with van der Waals surface area (Å²) in [6.45, 7) is 9.97. The van der Waals surface area contributed by atoms with Gasteiger partial charge < -0.3 is 15.5 Å². The Morgan fingerprint density at radius 1 is 1.17 bits per heavy atom. The summed E-state index contributed by atoms with van der Waals surface area (Å²) in [5.41, 5.74) is 5.54. The van der Waals surface area contributed by atoms with Crippen molar-refractivity contribution in [2.45, 2.75) is 39.5 Å². The molecular formula is C14H29N3O. The maximum atomic E-state index is 12.3. The molecule has 4 heteroatoms. The fourth-order valence-electron chi connectivity index (χ4n) is 2.63. The molecule has 2 N–H and O–H groups in total. The highest BCUT2D eigenvalue weighted by Gasteiger charge is 2.23. The van der Waals surface area contributed by atoms with E-state index in [1.807, 2.05) is 0 Å². The molecule has 0 atom stereocenters. The van der Waals surface area contributed by atoms with Crippen LogP contribution in [0.25, 0.3) is 0 Å². The average Bonchev–Trinajstić information content (AvgIpc) is 2.63. The lowest BCUT2D eigenvalue weighted by atomic mass is 10.0. The summed E-state index contributed by atoms with van der Waals surface area (Å²) in [5, 5.41) is 0. The number of nitrogens with zero attached hydrogens (tertiary/aromatic N) is 2. The first-order chi connectivity index (χ1) is 8.72. The van der Waals surface area contributed by atoms with Gasteiger partial charge in [-0.05, 0) is 45.3 Å². The number of rotatable bonds is 6. The fraction of sp³-hybridized carbons (Fsp3) is 0.929. The Morgan fingerprint density at radius 2 is 1.89 bits per heavy atom. The molecule has 0 bridgehead atoms. The van der Waals surface area contributed by atoms with E-state index in [4.69, 9.17) is 5.73 Å². The predicted octanol–water partition coefficient (Wildman–Crippen LogP) is 1.31. The van der Waals surface area contributed by atoms with E-state index < -0.39 is 0 Å². The zero-order valence-corrected chi connectivity index (χ0v) is 12.0. The predicted molar refractivity (Wildman–Crippen MR) is 75.4 cm³/mol. The SMILES string of the molecule is CCC(CC)C(=O)N1CCCN(CCCN)CC1. The summed E-state index contributed by atoms with van der Waals surface area (Å²) in [4.78, 5) is 16.8. The highest BCUT2D eigenvalue weighted by atomic mass is 16.2. The van der Waals surface area contributed by atoms with Crippen molar-refractivity contribution in [3.05, 3.63) is 0 Å². The van der Waals surface area contributed by atoms with Gasteiger partial charge in [0.25, 0.3) is 0 Å². The number of amides is 1. The van der Waals surface area contributed by atoms with Gasteiger partial charge in [0.1, 0.15) is 0 Å². The van der Waals surface area contributed by atoms with Gasteiger partial charge in [0, 0.05) is 25.6 Å². The van der Waals surface area contributed by atoms with E-state index in [2.05, 4.69) is 23.6 Å². The van der Waals surface area contributed by atoms with Crippen molar-refractivity contribution in [1.82, 2.24) is 9.80 Å².